The Bertz CT molecular complexity index is 1060. The van der Waals surface area contributed by atoms with E-state index in [-0.39, 0.29) is 11.2 Å². The molecule has 0 fully saturated rings. The van der Waals surface area contributed by atoms with Gasteiger partial charge in [0, 0.05) is 18.5 Å². The van der Waals surface area contributed by atoms with Crippen molar-refractivity contribution >= 4 is 39.7 Å². The number of carbonyl (C=O) groups excluding carboxylic acids is 1. The SMILES string of the molecule is CCn1c2ccccc2c2nnc(S[C@H](C)C(=O)NCCC3=CCCCC3)nc21. The minimum atomic E-state index is -0.269. The molecule has 0 aliphatic heterocycles. The fourth-order valence-corrected chi connectivity index (χ4v) is 4.63. The van der Waals surface area contributed by atoms with E-state index < -0.39 is 0 Å². The first kappa shape index (κ1) is 19.9. The van der Waals surface area contributed by atoms with Gasteiger partial charge in [-0.1, -0.05) is 41.6 Å². The van der Waals surface area contributed by atoms with Crippen LogP contribution >= 0.6 is 11.8 Å². The highest BCUT2D eigenvalue weighted by molar-refractivity contribution is 8.00. The average Bonchev–Trinajstić information content (AvgIpc) is 3.07. The first-order valence-electron chi connectivity index (χ1n) is 10.4. The maximum atomic E-state index is 12.5. The third-order valence-electron chi connectivity index (χ3n) is 5.45. The summed E-state index contributed by atoms with van der Waals surface area (Å²) in [4.78, 5) is 17.2. The molecule has 152 valence electrons. The van der Waals surface area contributed by atoms with Crippen molar-refractivity contribution in [3.05, 3.63) is 35.9 Å². The Morgan fingerprint density at radius 2 is 2.14 bits per heavy atom. The summed E-state index contributed by atoms with van der Waals surface area (Å²) >= 11 is 1.36. The summed E-state index contributed by atoms with van der Waals surface area (Å²) in [5.41, 5.74) is 4.21. The second-order valence-corrected chi connectivity index (χ2v) is 8.75. The molecule has 0 saturated carbocycles. The monoisotopic (exact) mass is 409 g/mol. The van der Waals surface area contributed by atoms with E-state index in [2.05, 4.69) is 39.1 Å². The summed E-state index contributed by atoms with van der Waals surface area (Å²) in [6, 6.07) is 8.14. The lowest BCUT2D eigenvalue weighted by molar-refractivity contribution is -0.120. The maximum Gasteiger partial charge on any atom is 0.233 e. The van der Waals surface area contributed by atoms with Crippen LogP contribution in [-0.4, -0.2) is 37.5 Å². The molecule has 4 rings (SSSR count). The van der Waals surface area contributed by atoms with Gasteiger partial charge in [-0.05, 0) is 52.0 Å². The van der Waals surface area contributed by atoms with E-state index in [1.54, 1.807) is 0 Å². The van der Waals surface area contributed by atoms with Gasteiger partial charge < -0.3 is 9.88 Å². The molecule has 0 unspecified atom stereocenters. The fourth-order valence-electron chi connectivity index (χ4n) is 3.89. The zero-order chi connectivity index (χ0) is 20.2. The third-order valence-corrected chi connectivity index (χ3v) is 6.40. The Hall–Kier alpha value is -2.41. The zero-order valence-electron chi connectivity index (χ0n) is 17.0. The Labute approximate surface area is 175 Å². The van der Waals surface area contributed by atoms with Crippen LogP contribution in [0.3, 0.4) is 0 Å². The average molecular weight is 410 g/mol. The van der Waals surface area contributed by atoms with Crippen LogP contribution in [0.25, 0.3) is 22.1 Å². The van der Waals surface area contributed by atoms with Gasteiger partial charge in [-0.3, -0.25) is 4.79 Å². The maximum absolute atomic E-state index is 12.5. The highest BCUT2D eigenvalue weighted by Crippen LogP contribution is 2.28. The first-order chi connectivity index (χ1) is 14.2. The minimum absolute atomic E-state index is 0.0196. The van der Waals surface area contributed by atoms with Gasteiger partial charge in [-0.25, -0.2) is 4.98 Å². The molecule has 7 heteroatoms. The van der Waals surface area contributed by atoms with E-state index in [4.69, 9.17) is 4.98 Å². The number of aromatic nitrogens is 4. The molecule has 6 nitrogen and oxygen atoms in total. The van der Waals surface area contributed by atoms with E-state index in [1.807, 2.05) is 25.1 Å². The van der Waals surface area contributed by atoms with Crippen molar-refractivity contribution in [1.29, 1.82) is 0 Å². The molecule has 0 radical (unpaired) electrons. The van der Waals surface area contributed by atoms with Gasteiger partial charge in [0.2, 0.25) is 11.1 Å². The topological polar surface area (TPSA) is 72.7 Å². The standard InChI is InChI=1S/C22H27N5OS/c1-3-27-18-12-8-7-11-17(18)19-20(27)24-22(26-25-19)29-15(2)21(28)23-14-13-16-9-5-4-6-10-16/h7-9,11-12,15H,3-6,10,13-14H2,1-2H3,(H,23,28)/t15-/m1/s1. The number of amides is 1. The van der Waals surface area contributed by atoms with E-state index in [0.29, 0.717) is 11.7 Å². The molecular formula is C22H27N5OS. The number of thioether (sulfide) groups is 1. The predicted molar refractivity (Wildman–Crippen MR) is 118 cm³/mol. The van der Waals surface area contributed by atoms with Crippen LogP contribution in [0.2, 0.25) is 0 Å². The molecular weight excluding hydrogens is 382 g/mol. The molecule has 1 N–H and O–H groups in total. The predicted octanol–water partition coefficient (Wildman–Crippen LogP) is 4.49. The highest BCUT2D eigenvalue weighted by atomic mass is 32.2. The lowest BCUT2D eigenvalue weighted by Gasteiger charge is -2.14. The largest absolute Gasteiger partial charge is 0.355 e. The summed E-state index contributed by atoms with van der Waals surface area (Å²) in [7, 11) is 0. The van der Waals surface area contributed by atoms with Crippen LogP contribution in [0, 0.1) is 0 Å². The minimum Gasteiger partial charge on any atom is -0.355 e. The molecule has 1 aromatic carbocycles. The molecule has 0 bridgehead atoms. The molecule has 1 amide bonds. The molecule has 29 heavy (non-hydrogen) atoms. The van der Waals surface area contributed by atoms with Crippen LogP contribution < -0.4 is 5.32 Å². The van der Waals surface area contributed by atoms with Crippen LogP contribution in [-0.2, 0) is 11.3 Å². The summed E-state index contributed by atoms with van der Waals surface area (Å²) in [5.74, 6) is 0.0196. The number of hydrogen-bond donors (Lipinski definition) is 1. The van der Waals surface area contributed by atoms with Crippen LogP contribution in [0.15, 0.2) is 41.1 Å². The number of fused-ring (bicyclic) bond motifs is 3. The summed E-state index contributed by atoms with van der Waals surface area (Å²) in [6.07, 6.45) is 8.19. The summed E-state index contributed by atoms with van der Waals surface area (Å²) < 4.78 is 2.14. The molecule has 3 aromatic rings. The van der Waals surface area contributed by atoms with Gasteiger partial charge >= 0.3 is 0 Å². The molecule has 1 aliphatic carbocycles. The number of nitrogens with zero attached hydrogens (tertiary/aromatic N) is 4. The fraction of sp³-hybridized carbons (Fsp3) is 0.455. The molecule has 2 aromatic heterocycles. The normalized spacial score (nSPS) is 15.4. The number of nitrogens with one attached hydrogen (secondary N) is 1. The number of benzene rings is 1. The number of para-hydroxylation sites is 1. The Balaban J connectivity index is 1.43. The van der Waals surface area contributed by atoms with Crippen molar-refractivity contribution in [2.45, 2.75) is 62.9 Å². The van der Waals surface area contributed by atoms with E-state index in [9.17, 15) is 4.79 Å². The van der Waals surface area contributed by atoms with Gasteiger partial charge in [-0.2, -0.15) is 0 Å². The number of hydrogen-bond acceptors (Lipinski definition) is 5. The number of aryl methyl sites for hydroxylation is 1. The smallest absolute Gasteiger partial charge is 0.233 e. The van der Waals surface area contributed by atoms with Gasteiger partial charge in [0.05, 0.1) is 10.8 Å². The van der Waals surface area contributed by atoms with Crippen LogP contribution in [0.5, 0.6) is 0 Å². The van der Waals surface area contributed by atoms with Gasteiger partial charge in [0.1, 0.15) is 5.52 Å². The van der Waals surface area contributed by atoms with Gasteiger partial charge in [0.25, 0.3) is 0 Å². The lowest BCUT2D eigenvalue weighted by Crippen LogP contribution is -2.32. The van der Waals surface area contributed by atoms with E-state index in [1.165, 1.54) is 43.0 Å². The number of rotatable bonds is 7. The number of carbonyl (C=O) groups is 1. The number of allylic oxidation sites excluding steroid dienone is 1. The first-order valence-corrected chi connectivity index (χ1v) is 11.3. The highest BCUT2D eigenvalue weighted by Gasteiger charge is 2.19. The van der Waals surface area contributed by atoms with Crippen molar-refractivity contribution in [3.63, 3.8) is 0 Å². The molecule has 2 heterocycles. The second kappa shape index (κ2) is 8.95. The van der Waals surface area contributed by atoms with Crippen molar-refractivity contribution in [2.24, 2.45) is 0 Å². The molecule has 1 aliphatic rings. The molecule has 1 atom stereocenters. The van der Waals surface area contributed by atoms with E-state index in [0.717, 1.165) is 35.0 Å². The second-order valence-electron chi connectivity index (χ2n) is 7.44. The van der Waals surface area contributed by atoms with Crippen LogP contribution in [0.4, 0.5) is 0 Å². The Kier molecular flexibility index (Phi) is 6.13. The zero-order valence-corrected chi connectivity index (χ0v) is 17.8. The quantitative estimate of drug-likeness (QED) is 0.460. The van der Waals surface area contributed by atoms with Crippen molar-refractivity contribution in [1.82, 2.24) is 25.1 Å². The Morgan fingerprint density at radius 3 is 2.93 bits per heavy atom. The van der Waals surface area contributed by atoms with Gasteiger partial charge in [-0.15, -0.1) is 10.2 Å². The van der Waals surface area contributed by atoms with Crippen molar-refractivity contribution < 1.29 is 4.79 Å². The lowest BCUT2D eigenvalue weighted by atomic mass is 9.97. The third kappa shape index (κ3) is 4.29. The Morgan fingerprint density at radius 1 is 1.28 bits per heavy atom. The summed E-state index contributed by atoms with van der Waals surface area (Å²) in [5, 5.41) is 13.1. The van der Waals surface area contributed by atoms with Crippen molar-refractivity contribution in [3.8, 4) is 0 Å². The van der Waals surface area contributed by atoms with Gasteiger partial charge in [0.15, 0.2) is 5.65 Å². The van der Waals surface area contributed by atoms with Crippen molar-refractivity contribution in [2.75, 3.05) is 6.54 Å². The summed E-state index contributed by atoms with van der Waals surface area (Å²) in [6.45, 7) is 5.48. The molecule has 0 spiro atoms. The van der Waals surface area contributed by atoms with E-state index >= 15 is 0 Å². The molecule has 0 saturated heterocycles. The van der Waals surface area contributed by atoms with Crippen LogP contribution in [0.1, 0.15) is 46.0 Å².